The van der Waals surface area contributed by atoms with E-state index in [9.17, 15) is 10.1 Å². The molecule has 2 bridgehead atoms. The minimum atomic E-state index is -0.693. The highest BCUT2D eigenvalue weighted by Gasteiger charge is 2.50. The minimum absolute atomic E-state index is 0.00986. The fourth-order valence-electron chi connectivity index (χ4n) is 4.19. The highest BCUT2D eigenvalue weighted by Crippen LogP contribution is 2.47. The van der Waals surface area contributed by atoms with Crippen LogP contribution in [0, 0.1) is 34.5 Å². The largest absolute Gasteiger partial charge is 0.352 e. The molecule has 0 saturated heterocycles. The number of fused-ring (bicyclic) bond motifs is 2. The number of nitrogens with one attached hydrogen (secondary N) is 1. The quantitative estimate of drug-likeness (QED) is 0.793. The van der Waals surface area contributed by atoms with Crippen molar-refractivity contribution < 1.29 is 4.79 Å². The zero-order valence-electron chi connectivity index (χ0n) is 10.4. The lowest BCUT2D eigenvalue weighted by molar-refractivity contribution is -0.135. The Labute approximate surface area is 103 Å². The molecule has 3 saturated carbocycles. The van der Waals surface area contributed by atoms with Gasteiger partial charge < -0.3 is 5.32 Å². The van der Waals surface area contributed by atoms with Gasteiger partial charge in [-0.3, -0.25) is 4.79 Å². The van der Waals surface area contributed by atoms with E-state index < -0.39 is 5.41 Å². The van der Waals surface area contributed by atoms with Gasteiger partial charge in [-0.2, -0.15) is 5.26 Å². The second kappa shape index (κ2) is 3.73. The lowest BCUT2D eigenvalue weighted by Gasteiger charge is -2.40. The van der Waals surface area contributed by atoms with Gasteiger partial charge in [0.15, 0.2) is 0 Å². The highest BCUT2D eigenvalue weighted by molar-refractivity contribution is 5.86. The average Bonchev–Trinajstić information content (AvgIpc) is 2.86. The van der Waals surface area contributed by atoms with E-state index in [1.54, 1.807) is 0 Å². The fourth-order valence-corrected chi connectivity index (χ4v) is 4.19. The molecule has 0 aliphatic heterocycles. The van der Waals surface area contributed by atoms with Gasteiger partial charge in [0, 0.05) is 6.04 Å². The number of hydrogen-bond donors (Lipinski definition) is 1. The topological polar surface area (TPSA) is 52.9 Å². The van der Waals surface area contributed by atoms with E-state index in [2.05, 4.69) is 18.3 Å². The molecule has 0 aromatic rings. The summed E-state index contributed by atoms with van der Waals surface area (Å²) in [5.41, 5.74) is -0.693. The van der Waals surface area contributed by atoms with Crippen LogP contribution in [0.15, 0.2) is 0 Å². The van der Waals surface area contributed by atoms with Gasteiger partial charge in [0.05, 0.1) is 6.07 Å². The molecule has 3 atom stereocenters. The number of rotatable bonds is 2. The molecule has 17 heavy (non-hydrogen) atoms. The van der Waals surface area contributed by atoms with Gasteiger partial charge in [-0.1, -0.05) is 13.3 Å². The number of carbonyl (C=O) groups excluding carboxylic acids is 1. The predicted molar refractivity (Wildman–Crippen MR) is 63.8 cm³/mol. The molecule has 3 heteroatoms. The molecule has 92 valence electrons. The van der Waals surface area contributed by atoms with Gasteiger partial charge in [0.2, 0.25) is 5.91 Å². The van der Waals surface area contributed by atoms with Gasteiger partial charge in [-0.15, -0.1) is 0 Å². The van der Waals surface area contributed by atoms with Crippen LogP contribution in [-0.2, 0) is 4.79 Å². The van der Waals surface area contributed by atoms with Crippen LogP contribution in [0.5, 0.6) is 0 Å². The first kappa shape index (κ1) is 11.1. The minimum Gasteiger partial charge on any atom is -0.352 e. The van der Waals surface area contributed by atoms with Crippen molar-refractivity contribution in [2.24, 2.45) is 23.2 Å². The van der Waals surface area contributed by atoms with Crippen LogP contribution in [0.4, 0.5) is 0 Å². The summed E-state index contributed by atoms with van der Waals surface area (Å²) in [5, 5.41) is 12.4. The van der Waals surface area contributed by atoms with Gasteiger partial charge >= 0.3 is 0 Å². The second-order valence-electron chi connectivity index (χ2n) is 6.46. The summed E-state index contributed by atoms with van der Waals surface area (Å²) in [5.74, 6) is 2.07. The van der Waals surface area contributed by atoms with Gasteiger partial charge in [-0.25, -0.2) is 0 Å². The molecule has 0 heterocycles. The van der Waals surface area contributed by atoms with E-state index in [-0.39, 0.29) is 5.91 Å². The van der Waals surface area contributed by atoms with Crippen molar-refractivity contribution in [3.63, 3.8) is 0 Å². The molecule has 3 fully saturated rings. The van der Waals surface area contributed by atoms with E-state index in [0.29, 0.717) is 17.9 Å². The molecule has 0 aromatic heterocycles. The van der Waals surface area contributed by atoms with E-state index >= 15 is 0 Å². The van der Waals surface area contributed by atoms with Crippen LogP contribution in [0.25, 0.3) is 0 Å². The standard InChI is InChI=1S/C14H20N2O/c1-9-6-14(7-9,8-15)13(17)16-12-5-10-2-3-11(12)4-10/h9-12H,2-7H2,1H3,(H,16,17). The first-order chi connectivity index (χ1) is 8.13. The summed E-state index contributed by atoms with van der Waals surface area (Å²) in [4.78, 5) is 12.2. The van der Waals surface area contributed by atoms with E-state index in [1.165, 1.54) is 19.3 Å². The van der Waals surface area contributed by atoms with Crippen LogP contribution < -0.4 is 5.32 Å². The molecule has 3 nitrogen and oxygen atoms in total. The lowest BCUT2D eigenvalue weighted by Crippen LogP contribution is -2.52. The summed E-state index contributed by atoms with van der Waals surface area (Å²) < 4.78 is 0. The van der Waals surface area contributed by atoms with Crippen molar-refractivity contribution in [2.75, 3.05) is 0 Å². The molecular formula is C14H20N2O. The Kier molecular flexibility index (Phi) is 2.43. The zero-order valence-corrected chi connectivity index (χ0v) is 10.4. The normalized spacial score (nSPS) is 47.3. The second-order valence-corrected chi connectivity index (χ2v) is 6.46. The molecular weight excluding hydrogens is 212 g/mol. The van der Waals surface area contributed by atoms with Crippen molar-refractivity contribution in [1.29, 1.82) is 5.26 Å². The van der Waals surface area contributed by atoms with Crippen molar-refractivity contribution in [2.45, 2.75) is 51.5 Å². The Hall–Kier alpha value is -1.04. The van der Waals surface area contributed by atoms with Crippen LogP contribution in [0.3, 0.4) is 0 Å². The lowest BCUT2D eigenvalue weighted by atomic mass is 9.63. The first-order valence-corrected chi connectivity index (χ1v) is 6.85. The monoisotopic (exact) mass is 232 g/mol. The predicted octanol–water partition coefficient (Wildman–Crippen LogP) is 2.23. The maximum absolute atomic E-state index is 12.2. The highest BCUT2D eigenvalue weighted by atomic mass is 16.2. The van der Waals surface area contributed by atoms with Gasteiger partial charge in [0.25, 0.3) is 0 Å². The Morgan fingerprint density at radius 2 is 2.12 bits per heavy atom. The number of amides is 1. The summed E-state index contributed by atoms with van der Waals surface area (Å²) in [7, 11) is 0. The molecule has 0 spiro atoms. The summed E-state index contributed by atoms with van der Waals surface area (Å²) in [6.45, 7) is 2.11. The Morgan fingerprint density at radius 1 is 1.35 bits per heavy atom. The first-order valence-electron chi connectivity index (χ1n) is 6.85. The van der Waals surface area contributed by atoms with Crippen molar-refractivity contribution in [3.8, 4) is 6.07 Å². The van der Waals surface area contributed by atoms with Crippen molar-refractivity contribution in [3.05, 3.63) is 0 Å². The fraction of sp³-hybridized carbons (Fsp3) is 0.857. The molecule has 0 aromatic carbocycles. The van der Waals surface area contributed by atoms with Crippen LogP contribution in [0.2, 0.25) is 0 Å². The molecule has 0 radical (unpaired) electrons. The van der Waals surface area contributed by atoms with Crippen LogP contribution >= 0.6 is 0 Å². The summed E-state index contributed by atoms with van der Waals surface area (Å²) >= 11 is 0. The molecule has 1 N–H and O–H groups in total. The SMILES string of the molecule is CC1CC(C#N)(C(=O)NC2CC3CCC2C3)C1. The number of carbonyl (C=O) groups is 1. The Morgan fingerprint density at radius 3 is 2.59 bits per heavy atom. The Bertz CT molecular complexity index is 378. The number of nitrogens with zero attached hydrogens (tertiary/aromatic N) is 1. The third-order valence-electron chi connectivity index (χ3n) is 5.10. The summed E-state index contributed by atoms with van der Waals surface area (Å²) in [6, 6.07) is 2.61. The third-order valence-corrected chi connectivity index (χ3v) is 5.10. The maximum Gasteiger partial charge on any atom is 0.240 e. The van der Waals surface area contributed by atoms with Crippen LogP contribution in [-0.4, -0.2) is 11.9 Å². The molecule has 3 rings (SSSR count). The van der Waals surface area contributed by atoms with Crippen LogP contribution in [0.1, 0.15) is 45.4 Å². The number of nitriles is 1. The maximum atomic E-state index is 12.2. The van der Waals surface area contributed by atoms with E-state index in [0.717, 1.165) is 25.2 Å². The zero-order chi connectivity index (χ0) is 12.0. The van der Waals surface area contributed by atoms with Gasteiger partial charge in [-0.05, 0) is 49.9 Å². The molecule has 3 unspecified atom stereocenters. The van der Waals surface area contributed by atoms with Crippen molar-refractivity contribution in [1.82, 2.24) is 5.32 Å². The van der Waals surface area contributed by atoms with E-state index in [4.69, 9.17) is 0 Å². The third kappa shape index (κ3) is 1.66. The number of hydrogen-bond acceptors (Lipinski definition) is 2. The van der Waals surface area contributed by atoms with Gasteiger partial charge in [0.1, 0.15) is 5.41 Å². The smallest absolute Gasteiger partial charge is 0.240 e. The molecule has 3 aliphatic rings. The average molecular weight is 232 g/mol. The molecule has 1 amide bonds. The Balaban J connectivity index is 1.62. The van der Waals surface area contributed by atoms with E-state index in [1.807, 2.05) is 0 Å². The summed E-state index contributed by atoms with van der Waals surface area (Å²) in [6.07, 6.45) is 6.55. The molecule has 3 aliphatic carbocycles. The van der Waals surface area contributed by atoms with Crippen molar-refractivity contribution >= 4 is 5.91 Å².